The van der Waals surface area contributed by atoms with Crippen molar-refractivity contribution in [1.29, 1.82) is 0 Å². The highest BCUT2D eigenvalue weighted by Crippen LogP contribution is 2.38. The number of quaternary nitrogens is 1. The number of fused-ring (bicyclic) bond motifs is 2. The van der Waals surface area contributed by atoms with Crippen LogP contribution in [0.4, 0.5) is 0 Å². The van der Waals surface area contributed by atoms with E-state index < -0.39 is 6.04 Å². The van der Waals surface area contributed by atoms with E-state index in [-0.39, 0.29) is 17.1 Å². The molecule has 2 aromatic carbocycles. The predicted molar refractivity (Wildman–Crippen MR) is 116 cm³/mol. The zero-order chi connectivity index (χ0) is 20.7. The number of rotatable bonds is 4. The molecule has 5 rings (SSSR count). The summed E-state index contributed by atoms with van der Waals surface area (Å²) in [5.74, 6) is -0.0444. The summed E-state index contributed by atoms with van der Waals surface area (Å²) in [6.07, 6.45) is 0. The summed E-state index contributed by atoms with van der Waals surface area (Å²) >= 11 is 3.47. The molecule has 2 aliphatic rings. The lowest BCUT2D eigenvalue weighted by Gasteiger charge is -2.29. The summed E-state index contributed by atoms with van der Waals surface area (Å²) in [4.78, 5) is 30.0. The van der Waals surface area contributed by atoms with Gasteiger partial charge in [0.15, 0.2) is 5.43 Å². The number of hydrogen-bond donors (Lipinski definition) is 1. The summed E-state index contributed by atoms with van der Waals surface area (Å²) in [5, 5.41) is 0.506. The van der Waals surface area contributed by atoms with E-state index in [0.29, 0.717) is 23.1 Å². The maximum atomic E-state index is 13.4. The molecular weight excluding hydrogens is 448 g/mol. The van der Waals surface area contributed by atoms with Crippen LogP contribution in [0.25, 0.3) is 11.0 Å². The van der Waals surface area contributed by atoms with Gasteiger partial charge in [-0.05, 0) is 29.8 Å². The number of nitrogens with zero attached hydrogens (tertiary/aromatic N) is 1. The molecule has 30 heavy (non-hydrogen) atoms. The van der Waals surface area contributed by atoms with Gasteiger partial charge in [-0.1, -0.05) is 40.2 Å². The van der Waals surface area contributed by atoms with Crippen LogP contribution in [0.15, 0.2) is 62.2 Å². The highest BCUT2D eigenvalue weighted by atomic mass is 79.9. The average molecular weight is 470 g/mol. The minimum atomic E-state index is -0.443. The third kappa shape index (κ3) is 3.37. The van der Waals surface area contributed by atoms with Gasteiger partial charge in [0, 0.05) is 4.47 Å². The molecule has 1 saturated heterocycles. The zero-order valence-electron chi connectivity index (χ0n) is 16.4. The normalized spacial score (nSPS) is 19.4. The third-order valence-corrected chi connectivity index (χ3v) is 6.49. The van der Waals surface area contributed by atoms with Gasteiger partial charge >= 0.3 is 0 Å². The molecule has 2 aliphatic heterocycles. The van der Waals surface area contributed by atoms with Crippen molar-refractivity contribution in [3.63, 3.8) is 0 Å². The maximum absolute atomic E-state index is 13.4. The minimum absolute atomic E-state index is 0.130. The molecule has 1 N–H and O–H groups in total. The van der Waals surface area contributed by atoms with Gasteiger partial charge in [-0.2, -0.15) is 0 Å². The first-order valence-corrected chi connectivity index (χ1v) is 11.0. The van der Waals surface area contributed by atoms with E-state index in [1.165, 1.54) is 4.90 Å². The number of carbonyl (C=O) groups is 1. The highest BCUT2D eigenvalue weighted by Gasteiger charge is 2.43. The van der Waals surface area contributed by atoms with Crippen LogP contribution in [0.5, 0.6) is 0 Å². The lowest BCUT2D eigenvalue weighted by Crippen LogP contribution is -3.14. The fraction of sp³-hybridized carbons (Fsp3) is 0.304. The second-order valence-corrected chi connectivity index (χ2v) is 8.65. The second-order valence-electron chi connectivity index (χ2n) is 7.74. The first kappa shape index (κ1) is 19.5. The van der Waals surface area contributed by atoms with E-state index in [9.17, 15) is 9.59 Å². The number of carbonyl (C=O) groups excluding carboxylic acids is 1. The minimum Gasteiger partial charge on any atom is -0.450 e. The molecule has 0 aliphatic carbocycles. The van der Waals surface area contributed by atoms with Crippen molar-refractivity contribution in [2.75, 3.05) is 39.4 Å². The van der Waals surface area contributed by atoms with Crippen LogP contribution in [-0.4, -0.2) is 50.2 Å². The van der Waals surface area contributed by atoms with Gasteiger partial charge in [-0.15, -0.1) is 0 Å². The molecule has 1 fully saturated rings. The monoisotopic (exact) mass is 469 g/mol. The number of ether oxygens (including phenoxy) is 1. The van der Waals surface area contributed by atoms with Crippen molar-refractivity contribution < 1.29 is 18.8 Å². The van der Waals surface area contributed by atoms with E-state index >= 15 is 0 Å². The Morgan fingerprint density at radius 3 is 2.53 bits per heavy atom. The molecule has 1 amide bonds. The summed E-state index contributed by atoms with van der Waals surface area (Å²) in [7, 11) is 0. The quantitative estimate of drug-likeness (QED) is 0.634. The van der Waals surface area contributed by atoms with E-state index in [4.69, 9.17) is 9.15 Å². The van der Waals surface area contributed by atoms with Gasteiger partial charge in [0.2, 0.25) is 5.76 Å². The number of para-hydroxylation sites is 1. The first-order valence-electron chi connectivity index (χ1n) is 10.2. The summed E-state index contributed by atoms with van der Waals surface area (Å²) in [6.45, 7) is 4.70. The Balaban J connectivity index is 1.59. The van der Waals surface area contributed by atoms with E-state index in [0.717, 1.165) is 42.9 Å². The van der Waals surface area contributed by atoms with Gasteiger partial charge in [0.05, 0.1) is 43.3 Å². The van der Waals surface area contributed by atoms with Crippen LogP contribution in [-0.2, 0) is 4.74 Å². The molecule has 0 radical (unpaired) electrons. The number of benzene rings is 2. The Labute approximate surface area is 182 Å². The fourth-order valence-electron chi connectivity index (χ4n) is 4.38. The number of nitrogens with one attached hydrogen (secondary N) is 1. The van der Waals surface area contributed by atoms with E-state index in [2.05, 4.69) is 15.9 Å². The molecule has 1 atom stereocenters. The SMILES string of the molecule is O=C1c2oc3ccccc3c(=O)c2[C@H](c2ccc(Br)cc2)N1CC[NH+]1CCOCC1. The molecule has 0 saturated carbocycles. The topological polar surface area (TPSA) is 64.2 Å². The standard InChI is InChI=1S/C23H21BrN2O4/c24-16-7-5-15(6-8-16)20-19-21(27)17-3-1-2-4-18(17)30-22(19)23(28)26(20)10-9-25-11-13-29-14-12-25/h1-8,20H,9-14H2/p+1/t20-/m0/s1. The van der Waals surface area contributed by atoms with Crippen molar-refractivity contribution in [3.05, 3.63) is 80.1 Å². The molecular formula is C23H22BrN2O4+. The van der Waals surface area contributed by atoms with E-state index in [1.807, 2.05) is 36.4 Å². The fourth-order valence-corrected chi connectivity index (χ4v) is 4.64. The summed E-state index contributed by atoms with van der Waals surface area (Å²) < 4.78 is 12.4. The van der Waals surface area contributed by atoms with E-state index in [1.54, 1.807) is 17.0 Å². The third-order valence-electron chi connectivity index (χ3n) is 5.97. The summed E-state index contributed by atoms with van der Waals surface area (Å²) in [6, 6.07) is 14.5. The van der Waals surface area contributed by atoms with Crippen LogP contribution >= 0.6 is 15.9 Å². The van der Waals surface area contributed by atoms with Crippen molar-refractivity contribution in [2.24, 2.45) is 0 Å². The molecule has 3 aromatic rings. The van der Waals surface area contributed by atoms with Crippen LogP contribution in [0.2, 0.25) is 0 Å². The van der Waals surface area contributed by atoms with Crippen LogP contribution in [0, 0.1) is 0 Å². The number of amides is 1. The maximum Gasteiger partial charge on any atom is 0.291 e. The summed E-state index contributed by atoms with van der Waals surface area (Å²) in [5.41, 5.74) is 1.67. The van der Waals surface area contributed by atoms with Gasteiger partial charge in [-0.3, -0.25) is 9.59 Å². The Hall–Kier alpha value is -2.48. The van der Waals surface area contributed by atoms with Crippen LogP contribution in [0.1, 0.15) is 27.7 Å². The lowest BCUT2D eigenvalue weighted by atomic mass is 9.98. The lowest BCUT2D eigenvalue weighted by molar-refractivity contribution is -0.907. The number of hydrogen-bond acceptors (Lipinski definition) is 4. The Kier molecular flexibility index (Phi) is 5.18. The van der Waals surface area contributed by atoms with Crippen molar-refractivity contribution in [1.82, 2.24) is 4.90 Å². The van der Waals surface area contributed by atoms with Gasteiger partial charge in [0.25, 0.3) is 5.91 Å². The smallest absolute Gasteiger partial charge is 0.291 e. The molecule has 7 heteroatoms. The molecule has 0 unspecified atom stereocenters. The van der Waals surface area contributed by atoms with Gasteiger partial charge < -0.3 is 19.0 Å². The molecule has 1 aromatic heterocycles. The average Bonchev–Trinajstić information content (AvgIpc) is 3.06. The molecule has 3 heterocycles. The molecule has 0 bridgehead atoms. The van der Waals surface area contributed by atoms with Gasteiger partial charge in [-0.25, -0.2) is 0 Å². The Bertz CT molecular complexity index is 1150. The van der Waals surface area contributed by atoms with Crippen molar-refractivity contribution in [3.8, 4) is 0 Å². The van der Waals surface area contributed by atoms with Crippen molar-refractivity contribution in [2.45, 2.75) is 6.04 Å². The first-order chi connectivity index (χ1) is 14.6. The predicted octanol–water partition coefficient (Wildman–Crippen LogP) is 2.02. The Morgan fingerprint density at radius 1 is 1.03 bits per heavy atom. The number of morpholine rings is 1. The molecule has 154 valence electrons. The van der Waals surface area contributed by atoms with Gasteiger partial charge in [0.1, 0.15) is 18.7 Å². The molecule has 0 spiro atoms. The Morgan fingerprint density at radius 2 is 1.77 bits per heavy atom. The number of halogens is 1. The zero-order valence-corrected chi connectivity index (χ0v) is 18.0. The largest absolute Gasteiger partial charge is 0.450 e. The highest BCUT2D eigenvalue weighted by molar-refractivity contribution is 9.10. The van der Waals surface area contributed by atoms with Crippen molar-refractivity contribution >= 4 is 32.8 Å². The second kappa shape index (κ2) is 7.98. The van der Waals surface area contributed by atoms with Crippen LogP contribution < -0.4 is 10.3 Å². The molecule has 6 nitrogen and oxygen atoms in total. The van der Waals surface area contributed by atoms with Crippen LogP contribution in [0.3, 0.4) is 0 Å².